The SMILES string of the molecule is COc1ccc(/C(Cl)=C(\C=O)c2ccc([N+](=O)[O-])cc2)cc1. The molecule has 0 aromatic heterocycles. The molecule has 5 nitrogen and oxygen atoms in total. The average molecular weight is 318 g/mol. The number of methoxy groups -OCH3 is 1. The lowest BCUT2D eigenvalue weighted by Crippen LogP contribution is -1.92. The summed E-state index contributed by atoms with van der Waals surface area (Å²) in [5, 5.41) is 10.9. The first-order valence-electron chi connectivity index (χ1n) is 6.31. The molecule has 0 aliphatic carbocycles. The van der Waals surface area contributed by atoms with Crippen LogP contribution < -0.4 is 4.74 Å². The van der Waals surface area contributed by atoms with Crippen molar-refractivity contribution in [2.75, 3.05) is 7.11 Å². The van der Waals surface area contributed by atoms with Crippen LogP contribution in [0.5, 0.6) is 5.75 Å². The molecule has 2 rings (SSSR count). The van der Waals surface area contributed by atoms with E-state index < -0.39 is 4.92 Å². The number of halogens is 1. The van der Waals surface area contributed by atoms with Gasteiger partial charge < -0.3 is 4.74 Å². The molecule has 2 aromatic rings. The minimum atomic E-state index is -0.501. The summed E-state index contributed by atoms with van der Waals surface area (Å²) in [4.78, 5) is 21.5. The van der Waals surface area contributed by atoms with Crippen LogP contribution in [0, 0.1) is 10.1 Å². The zero-order valence-corrected chi connectivity index (χ0v) is 12.4. The number of carbonyl (C=O) groups is 1. The molecule has 112 valence electrons. The van der Waals surface area contributed by atoms with E-state index in [9.17, 15) is 14.9 Å². The Hall–Kier alpha value is -2.66. The van der Waals surface area contributed by atoms with Crippen molar-refractivity contribution < 1.29 is 14.5 Å². The predicted molar refractivity (Wildman–Crippen MR) is 84.8 cm³/mol. The van der Waals surface area contributed by atoms with Crippen molar-refractivity contribution in [2.24, 2.45) is 0 Å². The maximum atomic E-state index is 11.4. The third-order valence-electron chi connectivity index (χ3n) is 3.09. The summed E-state index contributed by atoms with van der Waals surface area (Å²) in [6.45, 7) is 0. The lowest BCUT2D eigenvalue weighted by Gasteiger charge is -2.07. The third-order valence-corrected chi connectivity index (χ3v) is 3.51. The van der Waals surface area contributed by atoms with Crippen LogP contribution in [0.4, 0.5) is 5.69 Å². The van der Waals surface area contributed by atoms with Gasteiger partial charge in [-0.3, -0.25) is 14.9 Å². The topological polar surface area (TPSA) is 69.4 Å². The Morgan fingerprint density at radius 3 is 2.09 bits per heavy atom. The first-order valence-corrected chi connectivity index (χ1v) is 6.69. The molecule has 0 unspecified atom stereocenters. The quantitative estimate of drug-likeness (QED) is 0.275. The molecule has 0 saturated carbocycles. The number of rotatable bonds is 5. The van der Waals surface area contributed by atoms with Crippen LogP contribution in [0.15, 0.2) is 48.5 Å². The number of nitro benzene ring substituents is 1. The van der Waals surface area contributed by atoms with Gasteiger partial charge in [-0.2, -0.15) is 0 Å². The van der Waals surface area contributed by atoms with E-state index in [2.05, 4.69) is 0 Å². The van der Waals surface area contributed by atoms with Gasteiger partial charge in [0.25, 0.3) is 5.69 Å². The molecule has 2 aromatic carbocycles. The average Bonchev–Trinajstić information content (AvgIpc) is 2.56. The summed E-state index contributed by atoms with van der Waals surface area (Å²) in [5.41, 5.74) is 1.39. The first-order chi connectivity index (χ1) is 10.6. The summed E-state index contributed by atoms with van der Waals surface area (Å²) < 4.78 is 5.06. The van der Waals surface area contributed by atoms with Crippen molar-refractivity contribution >= 4 is 34.2 Å². The Labute approximate surface area is 131 Å². The number of non-ortho nitro benzene ring substituents is 1. The lowest BCUT2D eigenvalue weighted by molar-refractivity contribution is -0.384. The molecule has 0 aliphatic heterocycles. The number of nitrogens with zero attached hydrogens (tertiary/aromatic N) is 1. The summed E-state index contributed by atoms with van der Waals surface area (Å²) in [6, 6.07) is 12.6. The Balaban J connectivity index is 2.43. The number of hydrogen-bond acceptors (Lipinski definition) is 4. The number of ether oxygens (including phenoxy) is 1. The van der Waals surface area contributed by atoms with E-state index in [1.165, 1.54) is 24.3 Å². The number of benzene rings is 2. The van der Waals surface area contributed by atoms with E-state index >= 15 is 0 Å². The molecule has 22 heavy (non-hydrogen) atoms. The molecular formula is C16H12ClNO4. The molecule has 0 saturated heterocycles. The van der Waals surface area contributed by atoms with Gasteiger partial charge in [0.2, 0.25) is 0 Å². The minimum Gasteiger partial charge on any atom is -0.497 e. The summed E-state index contributed by atoms with van der Waals surface area (Å²) in [7, 11) is 1.56. The largest absolute Gasteiger partial charge is 0.497 e. The van der Waals surface area contributed by atoms with E-state index in [1.54, 1.807) is 31.4 Å². The first kappa shape index (κ1) is 15.7. The highest BCUT2D eigenvalue weighted by Gasteiger charge is 2.11. The zero-order valence-electron chi connectivity index (χ0n) is 11.7. The Kier molecular flexibility index (Phi) is 4.91. The molecule has 0 radical (unpaired) electrons. The normalized spacial score (nSPS) is 11.5. The van der Waals surface area contributed by atoms with Crippen LogP contribution in [-0.2, 0) is 4.79 Å². The predicted octanol–water partition coefficient (Wildman–Crippen LogP) is 3.91. The fourth-order valence-corrected chi connectivity index (χ4v) is 2.18. The molecule has 0 fully saturated rings. The van der Waals surface area contributed by atoms with Crippen LogP contribution in [0.25, 0.3) is 10.6 Å². The molecule has 0 amide bonds. The van der Waals surface area contributed by atoms with E-state index in [1.807, 2.05) is 0 Å². The molecule has 0 atom stereocenters. The molecule has 0 heterocycles. The van der Waals surface area contributed by atoms with E-state index in [-0.39, 0.29) is 16.3 Å². The maximum absolute atomic E-state index is 11.4. The van der Waals surface area contributed by atoms with Gasteiger partial charge in [0.1, 0.15) is 5.75 Å². The second kappa shape index (κ2) is 6.87. The summed E-state index contributed by atoms with van der Waals surface area (Å²) in [6.07, 6.45) is 0.633. The van der Waals surface area contributed by atoms with Gasteiger partial charge in [-0.1, -0.05) is 11.6 Å². The van der Waals surface area contributed by atoms with Crippen LogP contribution in [0.3, 0.4) is 0 Å². The number of carbonyl (C=O) groups excluding carboxylic acids is 1. The number of allylic oxidation sites excluding steroid dienone is 1. The molecular weight excluding hydrogens is 306 g/mol. The Morgan fingerprint density at radius 2 is 1.64 bits per heavy atom. The number of aldehydes is 1. The highest BCUT2D eigenvalue weighted by Crippen LogP contribution is 2.30. The van der Waals surface area contributed by atoms with Crippen LogP contribution in [0.1, 0.15) is 11.1 Å². The highest BCUT2D eigenvalue weighted by atomic mass is 35.5. The van der Waals surface area contributed by atoms with Gasteiger partial charge in [-0.15, -0.1) is 0 Å². The van der Waals surface area contributed by atoms with Crippen molar-refractivity contribution in [3.8, 4) is 5.75 Å². The molecule has 0 aliphatic rings. The van der Waals surface area contributed by atoms with Crippen LogP contribution in [0.2, 0.25) is 0 Å². The maximum Gasteiger partial charge on any atom is 0.269 e. The zero-order chi connectivity index (χ0) is 16.1. The second-order valence-corrected chi connectivity index (χ2v) is 4.76. The molecule has 0 bridgehead atoms. The smallest absolute Gasteiger partial charge is 0.269 e. The lowest BCUT2D eigenvalue weighted by atomic mass is 10.0. The van der Waals surface area contributed by atoms with E-state index in [4.69, 9.17) is 16.3 Å². The summed E-state index contributed by atoms with van der Waals surface area (Å²) >= 11 is 6.28. The molecule has 0 N–H and O–H groups in total. The van der Waals surface area contributed by atoms with Crippen molar-refractivity contribution in [2.45, 2.75) is 0 Å². The summed E-state index contributed by atoms with van der Waals surface area (Å²) in [5.74, 6) is 0.677. The fraction of sp³-hybridized carbons (Fsp3) is 0.0625. The van der Waals surface area contributed by atoms with Crippen molar-refractivity contribution in [1.82, 2.24) is 0 Å². The molecule has 0 spiro atoms. The monoisotopic (exact) mass is 317 g/mol. The van der Waals surface area contributed by atoms with Gasteiger partial charge in [-0.05, 0) is 47.5 Å². The van der Waals surface area contributed by atoms with Gasteiger partial charge in [0.05, 0.1) is 17.1 Å². The standard InChI is InChI=1S/C16H12ClNO4/c1-22-14-8-4-12(5-9-14)16(17)15(10-19)11-2-6-13(7-3-11)18(20)21/h2-10H,1H3/b16-15-. The van der Waals surface area contributed by atoms with E-state index in [0.29, 0.717) is 23.2 Å². The molecule has 6 heteroatoms. The van der Waals surface area contributed by atoms with Crippen LogP contribution >= 0.6 is 11.6 Å². The Morgan fingerprint density at radius 1 is 1.09 bits per heavy atom. The third kappa shape index (κ3) is 3.32. The fourth-order valence-electron chi connectivity index (χ4n) is 1.90. The van der Waals surface area contributed by atoms with Crippen LogP contribution in [-0.4, -0.2) is 18.3 Å². The number of hydrogen-bond donors (Lipinski definition) is 0. The van der Waals surface area contributed by atoms with Crippen molar-refractivity contribution in [3.05, 3.63) is 69.8 Å². The second-order valence-electron chi connectivity index (χ2n) is 4.38. The van der Waals surface area contributed by atoms with Crippen molar-refractivity contribution in [1.29, 1.82) is 0 Å². The van der Waals surface area contributed by atoms with Gasteiger partial charge in [0.15, 0.2) is 6.29 Å². The Bertz CT molecular complexity index is 721. The van der Waals surface area contributed by atoms with E-state index in [0.717, 1.165) is 0 Å². The van der Waals surface area contributed by atoms with Gasteiger partial charge in [0, 0.05) is 17.7 Å². The van der Waals surface area contributed by atoms with Gasteiger partial charge >= 0.3 is 0 Å². The van der Waals surface area contributed by atoms with Crippen molar-refractivity contribution in [3.63, 3.8) is 0 Å². The number of nitro groups is 1. The van der Waals surface area contributed by atoms with Gasteiger partial charge in [-0.25, -0.2) is 0 Å². The highest BCUT2D eigenvalue weighted by molar-refractivity contribution is 6.55. The minimum absolute atomic E-state index is 0.0467.